The van der Waals surface area contributed by atoms with Gasteiger partial charge in [0.1, 0.15) is 17.3 Å². The summed E-state index contributed by atoms with van der Waals surface area (Å²) in [7, 11) is 1.55. The lowest BCUT2D eigenvalue weighted by Gasteiger charge is -2.02. The standard InChI is InChI=1S/C15H26O4/c1-3-6-13(16)7-4-5-8-14(17)9-10-15(18)11-12-19-2/h3-12H2,1-2H3. The Kier molecular flexibility index (Phi) is 11.4. The molecule has 0 aromatic rings. The monoisotopic (exact) mass is 270 g/mol. The van der Waals surface area contributed by atoms with Gasteiger partial charge in [0, 0.05) is 45.6 Å². The summed E-state index contributed by atoms with van der Waals surface area (Å²) in [5.41, 5.74) is 0. The van der Waals surface area contributed by atoms with E-state index in [2.05, 4.69) is 0 Å². The highest BCUT2D eigenvalue weighted by molar-refractivity contribution is 5.86. The van der Waals surface area contributed by atoms with E-state index in [0.29, 0.717) is 45.1 Å². The van der Waals surface area contributed by atoms with Gasteiger partial charge in [-0.15, -0.1) is 0 Å². The maximum atomic E-state index is 11.5. The summed E-state index contributed by atoms with van der Waals surface area (Å²) in [5.74, 6) is 0.478. The molecule has 0 aromatic heterocycles. The third-order valence-corrected chi connectivity index (χ3v) is 2.96. The molecule has 4 heteroatoms. The molecule has 0 spiro atoms. The zero-order valence-electron chi connectivity index (χ0n) is 12.2. The number of Topliss-reactive ketones (excluding diaryl/α,β-unsaturated/α-hetero) is 3. The van der Waals surface area contributed by atoms with E-state index in [-0.39, 0.29) is 17.3 Å². The predicted molar refractivity (Wildman–Crippen MR) is 74.1 cm³/mol. The Balaban J connectivity index is 3.49. The van der Waals surface area contributed by atoms with Crippen molar-refractivity contribution in [1.29, 1.82) is 0 Å². The first-order chi connectivity index (χ1) is 9.10. The molecular formula is C15H26O4. The lowest BCUT2D eigenvalue weighted by atomic mass is 10.0. The van der Waals surface area contributed by atoms with Crippen LogP contribution in [0.1, 0.15) is 64.7 Å². The number of rotatable bonds is 13. The Hall–Kier alpha value is -1.03. The fourth-order valence-electron chi connectivity index (χ4n) is 1.79. The highest BCUT2D eigenvalue weighted by Gasteiger charge is 2.07. The molecule has 4 nitrogen and oxygen atoms in total. The SMILES string of the molecule is CCCC(=O)CCCCC(=O)CCC(=O)CCOC. The molecule has 0 saturated heterocycles. The molecule has 0 saturated carbocycles. The van der Waals surface area contributed by atoms with Crippen molar-refractivity contribution in [2.24, 2.45) is 0 Å². The van der Waals surface area contributed by atoms with Crippen LogP contribution in [0.2, 0.25) is 0 Å². The molecule has 0 atom stereocenters. The van der Waals surface area contributed by atoms with Gasteiger partial charge in [0.2, 0.25) is 0 Å². The van der Waals surface area contributed by atoms with Crippen LogP contribution in [0.5, 0.6) is 0 Å². The summed E-state index contributed by atoms with van der Waals surface area (Å²) in [6.07, 6.45) is 5.15. The molecule has 110 valence electrons. The number of unbranched alkanes of at least 4 members (excludes halogenated alkanes) is 1. The Labute approximate surface area is 115 Å². The van der Waals surface area contributed by atoms with Crippen LogP contribution >= 0.6 is 0 Å². The minimum absolute atomic E-state index is 0.0772. The van der Waals surface area contributed by atoms with Crippen molar-refractivity contribution in [3.8, 4) is 0 Å². The van der Waals surface area contributed by atoms with Crippen molar-refractivity contribution in [3.05, 3.63) is 0 Å². The van der Waals surface area contributed by atoms with Crippen molar-refractivity contribution < 1.29 is 19.1 Å². The van der Waals surface area contributed by atoms with Gasteiger partial charge in [0.05, 0.1) is 6.61 Å². The van der Waals surface area contributed by atoms with E-state index < -0.39 is 0 Å². The van der Waals surface area contributed by atoms with Crippen molar-refractivity contribution >= 4 is 17.3 Å². The van der Waals surface area contributed by atoms with Gasteiger partial charge in [-0.05, 0) is 19.3 Å². The van der Waals surface area contributed by atoms with Crippen LogP contribution in [0.3, 0.4) is 0 Å². The van der Waals surface area contributed by atoms with Crippen LogP contribution in [0.4, 0.5) is 0 Å². The molecule has 0 bridgehead atoms. The van der Waals surface area contributed by atoms with Crippen molar-refractivity contribution in [2.75, 3.05) is 13.7 Å². The number of hydrogen-bond acceptors (Lipinski definition) is 4. The van der Waals surface area contributed by atoms with E-state index in [4.69, 9.17) is 4.74 Å². The smallest absolute Gasteiger partial charge is 0.135 e. The summed E-state index contributed by atoms with van der Waals surface area (Å²) in [6, 6.07) is 0. The van der Waals surface area contributed by atoms with Gasteiger partial charge in [0.15, 0.2) is 0 Å². The van der Waals surface area contributed by atoms with Crippen LogP contribution < -0.4 is 0 Å². The number of carbonyl (C=O) groups excluding carboxylic acids is 3. The number of carbonyl (C=O) groups is 3. The normalized spacial score (nSPS) is 10.4. The number of methoxy groups -OCH3 is 1. The van der Waals surface area contributed by atoms with Gasteiger partial charge in [0.25, 0.3) is 0 Å². The second-order valence-electron chi connectivity index (χ2n) is 4.82. The van der Waals surface area contributed by atoms with Crippen molar-refractivity contribution in [1.82, 2.24) is 0 Å². The van der Waals surface area contributed by atoms with Gasteiger partial charge in [-0.2, -0.15) is 0 Å². The van der Waals surface area contributed by atoms with Crippen LogP contribution in [-0.2, 0) is 19.1 Å². The molecule has 0 unspecified atom stereocenters. The average molecular weight is 270 g/mol. The molecule has 0 amide bonds. The highest BCUT2D eigenvalue weighted by Crippen LogP contribution is 2.07. The largest absolute Gasteiger partial charge is 0.384 e. The zero-order chi connectivity index (χ0) is 14.5. The predicted octanol–water partition coefficient (Wildman–Crippen LogP) is 2.87. The van der Waals surface area contributed by atoms with E-state index in [0.717, 1.165) is 19.3 Å². The first kappa shape index (κ1) is 18.0. The molecule has 0 fully saturated rings. The molecule has 0 aromatic carbocycles. The Morgan fingerprint density at radius 2 is 1.21 bits per heavy atom. The van der Waals surface area contributed by atoms with Gasteiger partial charge >= 0.3 is 0 Å². The average Bonchev–Trinajstić information content (AvgIpc) is 2.39. The Bertz CT molecular complexity index is 284. The molecule has 0 radical (unpaired) electrons. The second-order valence-corrected chi connectivity index (χ2v) is 4.82. The summed E-state index contributed by atoms with van der Waals surface area (Å²) < 4.78 is 4.80. The molecule has 19 heavy (non-hydrogen) atoms. The lowest BCUT2D eigenvalue weighted by molar-refractivity contribution is -0.124. The zero-order valence-corrected chi connectivity index (χ0v) is 12.2. The Morgan fingerprint density at radius 3 is 1.68 bits per heavy atom. The molecule has 0 rings (SSSR count). The summed E-state index contributed by atoms with van der Waals surface area (Å²) in [4.78, 5) is 34.1. The van der Waals surface area contributed by atoms with Gasteiger partial charge in [-0.3, -0.25) is 14.4 Å². The van der Waals surface area contributed by atoms with E-state index >= 15 is 0 Å². The van der Waals surface area contributed by atoms with Crippen LogP contribution in [0.15, 0.2) is 0 Å². The van der Waals surface area contributed by atoms with Gasteiger partial charge in [-0.25, -0.2) is 0 Å². The Morgan fingerprint density at radius 1 is 0.737 bits per heavy atom. The maximum absolute atomic E-state index is 11.5. The quantitative estimate of drug-likeness (QED) is 0.483. The van der Waals surface area contributed by atoms with E-state index in [1.807, 2.05) is 6.92 Å². The van der Waals surface area contributed by atoms with E-state index in [1.54, 1.807) is 7.11 Å². The molecule has 0 aliphatic rings. The topological polar surface area (TPSA) is 60.4 Å². The molecule has 0 N–H and O–H groups in total. The molecule has 0 aliphatic heterocycles. The fourth-order valence-corrected chi connectivity index (χ4v) is 1.79. The number of ketones is 3. The second kappa shape index (κ2) is 12.0. The fraction of sp³-hybridized carbons (Fsp3) is 0.800. The minimum atomic E-state index is 0.0772. The third-order valence-electron chi connectivity index (χ3n) is 2.96. The van der Waals surface area contributed by atoms with Crippen LogP contribution in [0, 0.1) is 0 Å². The van der Waals surface area contributed by atoms with Crippen molar-refractivity contribution in [3.63, 3.8) is 0 Å². The number of hydrogen-bond donors (Lipinski definition) is 0. The van der Waals surface area contributed by atoms with Gasteiger partial charge in [-0.1, -0.05) is 6.92 Å². The minimum Gasteiger partial charge on any atom is -0.384 e. The van der Waals surface area contributed by atoms with Gasteiger partial charge < -0.3 is 4.74 Å². The first-order valence-corrected chi connectivity index (χ1v) is 7.14. The molecule has 0 heterocycles. The maximum Gasteiger partial charge on any atom is 0.135 e. The van der Waals surface area contributed by atoms with E-state index in [9.17, 15) is 14.4 Å². The van der Waals surface area contributed by atoms with Crippen molar-refractivity contribution in [2.45, 2.75) is 64.7 Å². The molecular weight excluding hydrogens is 244 g/mol. The number of ether oxygens (including phenoxy) is 1. The lowest BCUT2D eigenvalue weighted by Crippen LogP contribution is -2.06. The van der Waals surface area contributed by atoms with Crippen LogP contribution in [-0.4, -0.2) is 31.1 Å². The summed E-state index contributed by atoms with van der Waals surface area (Å²) >= 11 is 0. The summed E-state index contributed by atoms with van der Waals surface area (Å²) in [5, 5.41) is 0. The summed E-state index contributed by atoms with van der Waals surface area (Å²) in [6.45, 7) is 2.41. The third kappa shape index (κ3) is 11.8. The molecule has 0 aliphatic carbocycles. The first-order valence-electron chi connectivity index (χ1n) is 7.14. The highest BCUT2D eigenvalue weighted by atomic mass is 16.5. The van der Waals surface area contributed by atoms with E-state index in [1.165, 1.54) is 0 Å². The van der Waals surface area contributed by atoms with Crippen LogP contribution in [0.25, 0.3) is 0 Å².